The van der Waals surface area contributed by atoms with Crippen molar-refractivity contribution in [3.63, 3.8) is 0 Å². The minimum Gasteiger partial charge on any atom is -0.483 e. The van der Waals surface area contributed by atoms with Gasteiger partial charge in [-0.1, -0.05) is 12.1 Å². The third-order valence-corrected chi connectivity index (χ3v) is 2.28. The Labute approximate surface area is 127 Å². The molecule has 0 aliphatic carbocycles. The number of hydrogen-bond donors (Lipinski definition) is 3. The van der Waals surface area contributed by atoms with Crippen LogP contribution in [0.5, 0.6) is 5.75 Å². The Balaban J connectivity index is 2.64. The molecule has 0 saturated heterocycles. The van der Waals surface area contributed by atoms with Crippen LogP contribution in [0.4, 0.5) is 0 Å². The first-order valence-corrected chi connectivity index (χ1v) is 6.54. The molecular weight excluding hydrogens is 288 g/mol. The summed E-state index contributed by atoms with van der Waals surface area (Å²) in [4.78, 5) is 33.5. The molecule has 22 heavy (non-hydrogen) atoms. The SMILES string of the molecule is CC(C)NC(=O)C(=O)N/N=C\c1ccccc1OCC(N)=O. The minimum atomic E-state index is -0.875. The predicted molar refractivity (Wildman–Crippen MR) is 80.1 cm³/mol. The van der Waals surface area contributed by atoms with Crippen LogP contribution in [0.15, 0.2) is 29.4 Å². The Morgan fingerprint density at radius 3 is 2.59 bits per heavy atom. The van der Waals surface area contributed by atoms with E-state index in [1.165, 1.54) is 6.21 Å². The predicted octanol–water partition coefficient (Wildman–Crippen LogP) is -0.475. The average Bonchev–Trinajstić information content (AvgIpc) is 2.45. The van der Waals surface area contributed by atoms with Crippen molar-refractivity contribution in [2.24, 2.45) is 10.8 Å². The van der Waals surface area contributed by atoms with Crippen molar-refractivity contribution in [1.82, 2.24) is 10.7 Å². The van der Waals surface area contributed by atoms with Gasteiger partial charge in [0.15, 0.2) is 6.61 Å². The van der Waals surface area contributed by atoms with E-state index in [4.69, 9.17) is 10.5 Å². The van der Waals surface area contributed by atoms with Gasteiger partial charge in [-0.3, -0.25) is 14.4 Å². The molecule has 1 aromatic rings. The van der Waals surface area contributed by atoms with E-state index in [-0.39, 0.29) is 12.6 Å². The number of hydrazone groups is 1. The molecule has 0 aliphatic heterocycles. The second-order valence-electron chi connectivity index (χ2n) is 4.62. The van der Waals surface area contributed by atoms with Gasteiger partial charge in [0, 0.05) is 11.6 Å². The van der Waals surface area contributed by atoms with Gasteiger partial charge in [0.25, 0.3) is 5.91 Å². The number of hydrogen-bond acceptors (Lipinski definition) is 5. The van der Waals surface area contributed by atoms with Crippen molar-refractivity contribution < 1.29 is 19.1 Å². The fourth-order valence-corrected chi connectivity index (χ4v) is 1.41. The van der Waals surface area contributed by atoms with E-state index in [2.05, 4.69) is 15.8 Å². The molecule has 0 atom stereocenters. The van der Waals surface area contributed by atoms with Crippen LogP contribution < -0.4 is 21.2 Å². The molecule has 3 amide bonds. The van der Waals surface area contributed by atoms with Crippen LogP contribution in [0.2, 0.25) is 0 Å². The summed E-state index contributed by atoms with van der Waals surface area (Å²) in [7, 11) is 0. The third kappa shape index (κ3) is 6.04. The summed E-state index contributed by atoms with van der Waals surface area (Å²) in [6, 6.07) is 6.58. The number of ether oxygens (including phenoxy) is 1. The Morgan fingerprint density at radius 2 is 1.95 bits per heavy atom. The van der Waals surface area contributed by atoms with Gasteiger partial charge in [-0.2, -0.15) is 5.10 Å². The Hall–Kier alpha value is -2.90. The van der Waals surface area contributed by atoms with Gasteiger partial charge in [0.1, 0.15) is 5.75 Å². The summed E-state index contributed by atoms with van der Waals surface area (Å²) in [5.41, 5.74) is 7.63. The number of carbonyl (C=O) groups is 3. The zero-order valence-electron chi connectivity index (χ0n) is 12.3. The average molecular weight is 306 g/mol. The Morgan fingerprint density at radius 1 is 1.27 bits per heavy atom. The van der Waals surface area contributed by atoms with Crippen molar-refractivity contribution in [3.8, 4) is 5.75 Å². The van der Waals surface area contributed by atoms with Crippen LogP contribution in [-0.4, -0.2) is 36.6 Å². The molecule has 0 heterocycles. The lowest BCUT2D eigenvalue weighted by Crippen LogP contribution is -2.41. The molecule has 0 unspecified atom stereocenters. The van der Waals surface area contributed by atoms with Gasteiger partial charge >= 0.3 is 11.8 Å². The second-order valence-corrected chi connectivity index (χ2v) is 4.62. The lowest BCUT2D eigenvalue weighted by molar-refractivity contribution is -0.139. The van der Waals surface area contributed by atoms with Crippen molar-refractivity contribution >= 4 is 23.9 Å². The Kier molecular flexibility index (Phi) is 6.55. The number of nitrogens with two attached hydrogens (primary N) is 1. The standard InChI is InChI=1S/C14H18N4O4/c1-9(2)17-13(20)14(21)18-16-7-10-5-3-4-6-11(10)22-8-12(15)19/h3-7,9H,8H2,1-2H3,(H2,15,19)(H,17,20)(H,18,21)/b16-7-. The smallest absolute Gasteiger partial charge is 0.329 e. The summed E-state index contributed by atoms with van der Waals surface area (Å²) in [6.07, 6.45) is 1.30. The van der Waals surface area contributed by atoms with Crippen LogP contribution in [0.1, 0.15) is 19.4 Å². The molecule has 0 bridgehead atoms. The molecule has 1 aromatic carbocycles. The van der Waals surface area contributed by atoms with Gasteiger partial charge in [-0.05, 0) is 26.0 Å². The van der Waals surface area contributed by atoms with Crippen molar-refractivity contribution in [1.29, 1.82) is 0 Å². The first kappa shape index (κ1) is 17.2. The van der Waals surface area contributed by atoms with Crippen LogP contribution >= 0.6 is 0 Å². The molecule has 118 valence electrons. The maximum Gasteiger partial charge on any atom is 0.329 e. The lowest BCUT2D eigenvalue weighted by atomic mass is 10.2. The van der Waals surface area contributed by atoms with Crippen molar-refractivity contribution in [2.75, 3.05) is 6.61 Å². The summed E-state index contributed by atoms with van der Waals surface area (Å²) in [6.45, 7) is 3.20. The van der Waals surface area contributed by atoms with Crippen molar-refractivity contribution in [3.05, 3.63) is 29.8 Å². The molecule has 0 fully saturated rings. The zero-order valence-corrected chi connectivity index (χ0v) is 12.3. The third-order valence-electron chi connectivity index (χ3n) is 2.28. The van der Waals surface area contributed by atoms with E-state index >= 15 is 0 Å². The number of rotatable bonds is 6. The highest BCUT2D eigenvalue weighted by molar-refractivity contribution is 6.35. The fraction of sp³-hybridized carbons (Fsp3) is 0.286. The first-order valence-electron chi connectivity index (χ1n) is 6.54. The molecule has 8 nitrogen and oxygen atoms in total. The molecule has 8 heteroatoms. The van der Waals surface area contributed by atoms with E-state index in [0.29, 0.717) is 11.3 Å². The highest BCUT2D eigenvalue weighted by Crippen LogP contribution is 2.15. The van der Waals surface area contributed by atoms with Gasteiger partial charge in [-0.15, -0.1) is 0 Å². The van der Waals surface area contributed by atoms with Crippen LogP contribution in [0.3, 0.4) is 0 Å². The van der Waals surface area contributed by atoms with E-state index < -0.39 is 17.7 Å². The normalized spacial score (nSPS) is 10.5. The molecule has 0 aliphatic rings. The van der Waals surface area contributed by atoms with Gasteiger partial charge < -0.3 is 15.8 Å². The second kappa shape index (κ2) is 8.40. The van der Waals surface area contributed by atoms with E-state index in [1.807, 2.05) is 0 Å². The number of nitrogens with zero attached hydrogens (tertiary/aromatic N) is 1. The highest BCUT2D eigenvalue weighted by atomic mass is 16.5. The van der Waals surface area contributed by atoms with E-state index in [1.54, 1.807) is 38.1 Å². The summed E-state index contributed by atoms with van der Waals surface area (Å²) in [5.74, 6) is -1.87. The molecule has 4 N–H and O–H groups in total. The topological polar surface area (TPSA) is 123 Å². The van der Waals surface area contributed by atoms with Gasteiger partial charge in [0.05, 0.1) is 6.21 Å². The fourth-order valence-electron chi connectivity index (χ4n) is 1.41. The highest BCUT2D eigenvalue weighted by Gasteiger charge is 2.13. The molecule has 1 rings (SSSR count). The van der Waals surface area contributed by atoms with E-state index in [9.17, 15) is 14.4 Å². The van der Waals surface area contributed by atoms with Crippen LogP contribution in [0, 0.1) is 0 Å². The number of carbonyl (C=O) groups excluding carboxylic acids is 3. The minimum absolute atomic E-state index is 0.148. The quantitative estimate of drug-likeness (QED) is 0.373. The number of para-hydroxylation sites is 1. The summed E-state index contributed by atoms with van der Waals surface area (Å²) >= 11 is 0. The van der Waals surface area contributed by atoms with Gasteiger partial charge in [0.2, 0.25) is 0 Å². The van der Waals surface area contributed by atoms with Gasteiger partial charge in [-0.25, -0.2) is 5.43 Å². The monoisotopic (exact) mass is 306 g/mol. The molecular formula is C14H18N4O4. The number of nitrogens with one attached hydrogen (secondary N) is 2. The lowest BCUT2D eigenvalue weighted by Gasteiger charge is -2.07. The largest absolute Gasteiger partial charge is 0.483 e. The zero-order chi connectivity index (χ0) is 16.5. The Bertz CT molecular complexity index is 584. The number of primary amides is 1. The summed E-state index contributed by atoms with van der Waals surface area (Å²) < 4.78 is 5.20. The summed E-state index contributed by atoms with van der Waals surface area (Å²) in [5, 5.41) is 6.11. The van der Waals surface area contributed by atoms with Crippen LogP contribution in [-0.2, 0) is 14.4 Å². The first-order chi connectivity index (χ1) is 10.4. The number of benzene rings is 1. The molecule has 0 saturated carbocycles. The molecule has 0 radical (unpaired) electrons. The number of amides is 3. The van der Waals surface area contributed by atoms with Crippen LogP contribution in [0.25, 0.3) is 0 Å². The van der Waals surface area contributed by atoms with Crippen molar-refractivity contribution in [2.45, 2.75) is 19.9 Å². The van der Waals surface area contributed by atoms with E-state index in [0.717, 1.165) is 0 Å². The molecule has 0 spiro atoms. The molecule has 0 aromatic heterocycles. The maximum absolute atomic E-state index is 11.4. The maximum atomic E-state index is 11.4.